The Hall–Kier alpha value is -2.94. The van der Waals surface area contributed by atoms with Crippen LogP contribution in [0.4, 0.5) is 0 Å². The van der Waals surface area contributed by atoms with Crippen molar-refractivity contribution in [3.05, 3.63) is 83.0 Å². The molecule has 0 saturated carbocycles. The molecule has 0 aliphatic heterocycles. The Labute approximate surface area is 121 Å². The Morgan fingerprint density at radius 3 is 2.00 bits per heavy atom. The van der Waals surface area contributed by atoms with Gasteiger partial charge in [0.2, 0.25) is 0 Å². The molecule has 100 valence electrons. The third-order valence-corrected chi connectivity index (χ3v) is 3.84. The van der Waals surface area contributed by atoms with Crippen molar-refractivity contribution in [2.24, 2.45) is 0 Å². The van der Waals surface area contributed by atoms with Crippen LogP contribution in [0.2, 0.25) is 0 Å². The molecule has 2 aromatic carbocycles. The molecular weight excluding hydrogens is 262 g/mol. The van der Waals surface area contributed by atoms with Crippen molar-refractivity contribution in [2.75, 3.05) is 0 Å². The van der Waals surface area contributed by atoms with Gasteiger partial charge in [0.05, 0.1) is 0 Å². The number of carbonyl (C=O) groups is 2. The molecule has 1 N–H and O–H groups in total. The van der Waals surface area contributed by atoms with E-state index in [1.54, 1.807) is 36.5 Å². The van der Waals surface area contributed by atoms with Gasteiger partial charge < -0.3 is 4.98 Å². The number of aromatic nitrogens is 1. The minimum Gasteiger partial charge on any atom is -0.361 e. The van der Waals surface area contributed by atoms with Gasteiger partial charge in [-0.15, -0.1) is 0 Å². The van der Waals surface area contributed by atoms with Crippen molar-refractivity contribution in [1.82, 2.24) is 4.98 Å². The van der Waals surface area contributed by atoms with Gasteiger partial charge in [0.15, 0.2) is 11.6 Å². The van der Waals surface area contributed by atoms with Crippen LogP contribution in [0.25, 0.3) is 11.3 Å². The van der Waals surface area contributed by atoms with Crippen LogP contribution in [0.5, 0.6) is 0 Å². The summed E-state index contributed by atoms with van der Waals surface area (Å²) >= 11 is 0. The maximum Gasteiger partial charge on any atom is 0.195 e. The molecule has 3 nitrogen and oxygen atoms in total. The van der Waals surface area contributed by atoms with Gasteiger partial charge >= 0.3 is 0 Å². The van der Waals surface area contributed by atoms with Crippen LogP contribution in [-0.2, 0) is 0 Å². The summed E-state index contributed by atoms with van der Waals surface area (Å²) in [7, 11) is 0. The lowest BCUT2D eigenvalue weighted by atomic mass is 9.81. The maximum absolute atomic E-state index is 12.8. The fourth-order valence-electron chi connectivity index (χ4n) is 2.87. The fourth-order valence-corrected chi connectivity index (χ4v) is 2.87. The monoisotopic (exact) mass is 273 g/mol. The highest BCUT2D eigenvalue weighted by atomic mass is 16.1. The van der Waals surface area contributed by atoms with Crippen molar-refractivity contribution in [3.8, 4) is 11.3 Å². The lowest BCUT2D eigenvalue weighted by molar-refractivity contribution is 0.0979. The Morgan fingerprint density at radius 1 is 0.619 bits per heavy atom. The highest BCUT2D eigenvalue weighted by Crippen LogP contribution is 2.33. The van der Waals surface area contributed by atoms with Gasteiger partial charge in [-0.3, -0.25) is 9.59 Å². The van der Waals surface area contributed by atoms with Crippen molar-refractivity contribution >= 4 is 11.6 Å². The Balaban J connectivity index is 2.04. The normalized spacial score (nSPS) is 13.0. The van der Waals surface area contributed by atoms with Crippen LogP contribution in [0.1, 0.15) is 31.8 Å². The molecule has 1 aliphatic rings. The second kappa shape index (κ2) is 4.28. The zero-order valence-electron chi connectivity index (χ0n) is 11.1. The highest BCUT2D eigenvalue weighted by Gasteiger charge is 2.31. The van der Waals surface area contributed by atoms with Crippen molar-refractivity contribution in [3.63, 3.8) is 0 Å². The standard InChI is InChI=1S/C18H11NO2/c20-17-11-5-1-2-6-12(11)18(21)16-13(7-3-8-14(16)17)15-9-4-10-19-15/h1-10,19H. The Kier molecular flexibility index (Phi) is 2.42. The van der Waals surface area contributed by atoms with Crippen LogP contribution in [-0.4, -0.2) is 16.6 Å². The van der Waals surface area contributed by atoms with E-state index in [9.17, 15) is 9.59 Å². The second-order valence-electron chi connectivity index (χ2n) is 5.02. The smallest absolute Gasteiger partial charge is 0.195 e. The van der Waals surface area contributed by atoms with E-state index in [0.29, 0.717) is 22.3 Å². The van der Waals surface area contributed by atoms with Crippen molar-refractivity contribution in [2.45, 2.75) is 0 Å². The van der Waals surface area contributed by atoms with E-state index in [-0.39, 0.29) is 11.6 Å². The molecule has 0 saturated heterocycles. The number of carbonyl (C=O) groups excluding carboxylic acids is 2. The summed E-state index contributed by atoms with van der Waals surface area (Å²) < 4.78 is 0. The topological polar surface area (TPSA) is 49.9 Å². The molecule has 0 unspecified atom stereocenters. The number of fused-ring (bicyclic) bond motifs is 2. The molecule has 3 aromatic rings. The van der Waals surface area contributed by atoms with E-state index in [1.807, 2.05) is 24.3 Å². The molecule has 0 amide bonds. The van der Waals surface area contributed by atoms with Crippen LogP contribution in [0.15, 0.2) is 60.8 Å². The summed E-state index contributed by atoms with van der Waals surface area (Å²) in [5, 5.41) is 0. The van der Waals surface area contributed by atoms with Gasteiger partial charge in [-0.05, 0) is 12.1 Å². The van der Waals surface area contributed by atoms with E-state index >= 15 is 0 Å². The number of rotatable bonds is 1. The molecular formula is C18H11NO2. The molecule has 1 aromatic heterocycles. The molecule has 4 rings (SSSR count). The van der Waals surface area contributed by atoms with E-state index in [0.717, 1.165) is 11.3 Å². The number of benzene rings is 2. The summed E-state index contributed by atoms with van der Waals surface area (Å²) in [6, 6.07) is 16.2. The van der Waals surface area contributed by atoms with Gasteiger partial charge in [-0.25, -0.2) is 0 Å². The Bertz CT molecular complexity index is 876. The molecule has 1 aliphatic carbocycles. The minimum atomic E-state index is -0.0922. The molecule has 21 heavy (non-hydrogen) atoms. The zero-order valence-corrected chi connectivity index (χ0v) is 11.1. The Morgan fingerprint density at radius 2 is 1.29 bits per heavy atom. The van der Waals surface area contributed by atoms with Crippen molar-refractivity contribution < 1.29 is 9.59 Å². The first-order chi connectivity index (χ1) is 10.3. The van der Waals surface area contributed by atoms with Gasteiger partial charge in [-0.2, -0.15) is 0 Å². The minimum absolute atomic E-state index is 0.0893. The lowest BCUT2D eigenvalue weighted by Gasteiger charge is -2.19. The van der Waals surface area contributed by atoms with E-state index in [2.05, 4.69) is 4.98 Å². The van der Waals surface area contributed by atoms with E-state index < -0.39 is 0 Å². The van der Waals surface area contributed by atoms with Crippen LogP contribution < -0.4 is 0 Å². The summed E-state index contributed by atoms with van der Waals surface area (Å²) in [5.74, 6) is -0.181. The van der Waals surface area contributed by atoms with E-state index in [4.69, 9.17) is 0 Å². The number of H-pyrrole nitrogens is 1. The first kappa shape index (κ1) is 11.9. The van der Waals surface area contributed by atoms with Crippen molar-refractivity contribution in [1.29, 1.82) is 0 Å². The second-order valence-corrected chi connectivity index (χ2v) is 5.02. The molecule has 1 heterocycles. The largest absolute Gasteiger partial charge is 0.361 e. The summed E-state index contributed by atoms with van der Waals surface area (Å²) in [4.78, 5) is 28.5. The SMILES string of the molecule is O=C1c2ccccc2C(=O)c2c1cccc2-c1ccc[nH]1. The van der Waals surface area contributed by atoms with Crippen LogP contribution in [0, 0.1) is 0 Å². The van der Waals surface area contributed by atoms with E-state index in [1.165, 1.54) is 0 Å². The molecule has 0 atom stereocenters. The third-order valence-electron chi connectivity index (χ3n) is 3.84. The number of aromatic amines is 1. The molecule has 0 spiro atoms. The molecule has 0 radical (unpaired) electrons. The number of nitrogens with one attached hydrogen (secondary N) is 1. The molecule has 3 heteroatoms. The number of ketones is 2. The predicted molar refractivity (Wildman–Crippen MR) is 79.5 cm³/mol. The third kappa shape index (κ3) is 1.61. The summed E-state index contributed by atoms with van der Waals surface area (Å²) in [6.07, 6.45) is 1.80. The van der Waals surface area contributed by atoms with Gasteiger partial charge in [-0.1, -0.05) is 42.5 Å². The first-order valence-corrected chi connectivity index (χ1v) is 6.72. The average Bonchev–Trinajstić information content (AvgIpc) is 3.06. The summed E-state index contributed by atoms with van der Waals surface area (Å²) in [5.41, 5.74) is 3.54. The maximum atomic E-state index is 12.8. The summed E-state index contributed by atoms with van der Waals surface area (Å²) in [6.45, 7) is 0. The molecule has 0 bridgehead atoms. The van der Waals surface area contributed by atoms with Crippen LogP contribution in [0.3, 0.4) is 0 Å². The zero-order chi connectivity index (χ0) is 14.4. The lowest BCUT2D eigenvalue weighted by Crippen LogP contribution is -2.21. The van der Waals surface area contributed by atoms with Gasteiger partial charge in [0.1, 0.15) is 0 Å². The fraction of sp³-hybridized carbons (Fsp3) is 0. The van der Waals surface area contributed by atoms with Gasteiger partial charge in [0.25, 0.3) is 0 Å². The highest BCUT2D eigenvalue weighted by molar-refractivity contribution is 6.30. The average molecular weight is 273 g/mol. The first-order valence-electron chi connectivity index (χ1n) is 6.72. The number of hydrogen-bond donors (Lipinski definition) is 1. The quantitative estimate of drug-likeness (QED) is 0.577. The number of hydrogen-bond acceptors (Lipinski definition) is 2. The molecule has 0 fully saturated rings. The predicted octanol–water partition coefficient (Wildman–Crippen LogP) is 3.46. The van der Waals surface area contributed by atoms with Gasteiger partial charge in [0, 0.05) is 39.7 Å². The van der Waals surface area contributed by atoms with Crippen LogP contribution >= 0.6 is 0 Å².